The van der Waals surface area contributed by atoms with Gasteiger partial charge in [0.25, 0.3) is 0 Å². The lowest BCUT2D eigenvalue weighted by Gasteiger charge is -1.89. The van der Waals surface area contributed by atoms with E-state index < -0.39 is 0 Å². The largest absolute Gasteiger partial charge is 0.462 e. The predicted molar refractivity (Wildman–Crippen MR) is 20.7 cm³/mol. The van der Waals surface area contributed by atoms with E-state index in [0.29, 0.717) is 5.76 Å². The number of ether oxygens (including phenoxy) is 2. The lowest BCUT2D eigenvalue weighted by atomic mass is 10.6. The summed E-state index contributed by atoms with van der Waals surface area (Å²) >= 11 is 0. The second kappa shape index (κ2) is 1.84. The van der Waals surface area contributed by atoms with Crippen LogP contribution in [0.1, 0.15) is 0 Å². The standard InChI is InChI=1S/C4H5O3/c5-1-4-2-6-3-7-4/h2H,1,3H2. The van der Waals surface area contributed by atoms with Crippen molar-refractivity contribution in [2.45, 2.75) is 0 Å². The van der Waals surface area contributed by atoms with Gasteiger partial charge in [0.1, 0.15) is 12.9 Å². The van der Waals surface area contributed by atoms with E-state index in [9.17, 15) is 5.11 Å². The normalized spacial score (nSPS) is 17.6. The molecule has 0 aliphatic carbocycles. The zero-order valence-electron chi connectivity index (χ0n) is 3.72. The lowest BCUT2D eigenvalue weighted by molar-refractivity contribution is 0.0607. The first kappa shape index (κ1) is 4.46. The van der Waals surface area contributed by atoms with Gasteiger partial charge in [0.2, 0.25) is 6.79 Å². The third-order valence-corrected chi connectivity index (χ3v) is 0.669. The molecular formula is C4H5O3. The van der Waals surface area contributed by atoms with Crippen LogP contribution >= 0.6 is 0 Å². The molecule has 39 valence electrons. The molecule has 0 aromatic rings. The van der Waals surface area contributed by atoms with Gasteiger partial charge in [-0.1, -0.05) is 0 Å². The third kappa shape index (κ3) is 0.838. The van der Waals surface area contributed by atoms with E-state index in [4.69, 9.17) is 0 Å². The average molecular weight is 101 g/mol. The van der Waals surface area contributed by atoms with Crippen molar-refractivity contribution in [3.63, 3.8) is 0 Å². The number of hydrogen-bond acceptors (Lipinski definition) is 2. The van der Waals surface area contributed by atoms with Crippen LogP contribution in [0.3, 0.4) is 0 Å². The van der Waals surface area contributed by atoms with Crippen LogP contribution in [0.15, 0.2) is 12.0 Å². The molecule has 0 spiro atoms. The first-order valence-corrected chi connectivity index (χ1v) is 1.95. The Bertz CT molecular complexity index is 86.9. The zero-order chi connectivity index (χ0) is 5.11. The Balaban J connectivity index is 2.36. The van der Waals surface area contributed by atoms with Gasteiger partial charge >= 0.3 is 0 Å². The van der Waals surface area contributed by atoms with Gasteiger partial charge < -0.3 is 9.47 Å². The maximum absolute atomic E-state index is 9.86. The number of rotatable bonds is 1. The Morgan fingerprint density at radius 1 is 1.86 bits per heavy atom. The highest BCUT2D eigenvalue weighted by atomic mass is 16.7. The highest BCUT2D eigenvalue weighted by molar-refractivity contribution is 4.88. The fourth-order valence-electron chi connectivity index (χ4n) is 0.346. The molecule has 1 rings (SSSR count). The van der Waals surface area contributed by atoms with Gasteiger partial charge in [0, 0.05) is 0 Å². The molecule has 1 heterocycles. The molecule has 0 aromatic heterocycles. The Hall–Kier alpha value is -0.700. The topological polar surface area (TPSA) is 38.4 Å². The fourth-order valence-corrected chi connectivity index (χ4v) is 0.346. The van der Waals surface area contributed by atoms with Crippen molar-refractivity contribution in [3.8, 4) is 0 Å². The van der Waals surface area contributed by atoms with Crippen LogP contribution in [0, 0.1) is 0 Å². The summed E-state index contributed by atoms with van der Waals surface area (Å²) in [5.41, 5.74) is 0. The van der Waals surface area contributed by atoms with Crippen LogP contribution in [0.25, 0.3) is 0 Å². The summed E-state index contributed by atoms with van der Waals surface area (Å²) in [6.45, 7) is -0.114. The minimum absolute atomic E-state index is 0.206. The van der Waals surface area contributed by atoms with E-state index in [1.807, 2.05) is 0 Å². The van der Waals surface area contributed by atoms with Crippen molar-refractivity contribution in [1.82, 2.24) is 0 Å². The summed E-state index contributed by atoms with van der Waals surface area (Å²) in [7, 11) is 0. The van der Waals surface area contributed by atoms with Crippen LogP contribution in [0.5, 0.6) is 0 Å². The van der Waals surface area contributed by atoms with Crippen molar-refractivity contribution in [2.75, 3.05) is 13.4 Å². The summed E-state index contributed by atoms with van der Waals surface area (Å²) in [6, 6.07) is 0. The molecule has 1 aliphatic rings. The molecule has 0 saturated carbocycles. The molecule has 1 radical (unpaired) electrons. The molecule has 0 aromatic carbocycles. The Labute approximate surface area is 41.2 Å². The van der Waals surface area contributed by atoms with Crippen LogP contribution in [-0.2, 0) is 14.6 Å². The van der Waals surface area contributed by atoms with Crippen molar-refractivity contribution < 1.29 is 14.6 Å². The molecule has 0 amide bonds. The quantitative estimate of drug-likeness (QED) is 0.475. The molecule has 0 unspecified atom stereocenters. The number of hydrogen-bond donors (Lipinski definition) is 0. The van der Waals surface area contributed by atoms with Gasteiger partial charge in [-0.05, 0) is 0 Å². The van der Waals surface area contributed by atoms with Crippen molar-refractivity contribution in [3.05, 3.63) is 12.0 Å². The first-order valence-electron chi connectivity index (χ1n) is 1.95. The molecule has 0 N–H and O–H groups in total. The Kier molecular flexibility index (Phi) is 1.17. The Morgan fingerprint density at radius 2 is 2.71 bits per heavy atom. The van der Waals surface area contributed by atoms with E-state index in [2.05, 4.69) is 9.47 Å². The third-order valence-electron chi connectivity index (χ3n) is 0.669. The predicted octanol–water partition coefficient (Wildman–Crippen LogP) is 0.263. The molecule has 3 nitrogen and oxygen atoms in total. The second-order valence-electron chi connectivity index (χ2n) is 1.16. The monoisotopic (exact) mass is 101 g/mol. The van der Waals surface area contributed by atoms with Gasteiger partial charge in [0.15, 0.2) is 5.76 Å². The van der Waals surface area contributed by atoms with Gasteiger partial charge in [0.05, 0.1) is 0 Å². The van der Waals surface area contributed by atoms with Crippen LogP contribution in [0.2, 0.25) is 0 Å². The van der Waals surface area contributed by atoms with Crippen molar-refractivity contribution >= 4 is 0 Å². The summed E-state index contributed by atoms with van der Waals surface area (Å²) in [5, 5.41) is 9.86. The summed E-state index contributed by atoms with van der Waals surface area (Å²) in [6.07, 6.45) is 1.34. The molecule has 0 saturated heterocycles. The molecule has 0 atom stereocenters. The van der Waals surface area contributed by atoms with Gasteiger partial charge in [-0.2, -0.15) is 0 Å². The minimum atomic E-state index is -0.319. The van der Waals surface area contributed by atoms with Crippen LogP contribution in [0.4, 0.5) is 0 Å². The average Bonchev–Trinajstić information content (AvgIpc) is 2.14. The van der Waals surface area contributed by atoms with Crippen molar-refractivity contribution in [2.24, 2.45) is 0 Å². The smallest absolute Gasteiger partial charge is 0.229 e. The lowest BCUT2D eigenvalue weighted by Crippen LogP contribution is -1.87. The highest BCUT2D eigenvalue weighted by Crippen LogP contribution is 2.03. The van der Waals surface area contributed by atoms with E-state index in [0.717, 1.165) is 0 Å². The molecule has 3 heteroatoms. The van der Waals surface area contributed by atoms with Crippen LogP contribution < -0.4 is 0 Å². The van der Waals surface area contributed by atoms with Gasteiger partial charge in [-0.15, -0.1) is 0 Å². The maximum Gasteiger partial charge on any atom is 0.229 e. The molecule has 1 aliphatic heterocycles. The second-order valence-corrected chi connectivity index (χ2v) is 1.16. The van der Waals surface area contributed by atoms with Crippen molar-refractivity contribution in [1.29, 1.82) is 0 Å². The van der Waals surface area contributed by atoms with E-state index in [-0.39, 0.29) is 13.4 Å². The van der Waals surface area contributed by atoms with E-state index in [1.54, 1.807) is 0 Å². The van der Waals surface area contributed by atoms with Gasteiger partial charge in [-0.3, -0.25) is 0 Å². The van der Waals surface area contributed by atoms with Gasteiger partial charge in [-0.25, -0.2) is 5.11 Å². The highest BCUT2D eigenvalue weighted by Gasteiger charge is 2.02. The first-order chi connectivity index (χ1) is 3.43. The van der Waals surface area contributed by atoms with E-state index >= 15 is 0 Å². The SMILES string of the molecule is [O]CC1=COCO1. The maximum atomic E-state index is 9.86. The molecule has 7 heavy (non-hydrogen) atoms. The zero-order valence-corrected chi connectivity index (χ0v) is 3.72. The summed E-state index contributed by atoms with van der Waals surface area (Å²) < 4.78 is 9.19. The molecule has 0 bridgehead atoms. The molecular weight excluding hydrogens is 96.0 g/mol. The summed E-state index contributed by atoms with van der Waals surface area (Å²) in [4.78, 5) is 0. The Morgan fingerprint density at radius 3 is 3.00 bits per heavy atom. The van der Waals surface area contributed by atoms with Crippen LogP contribution in [-0.4, -0.2) is 13.4 Å². The fraction of sp³-hybridized carbons (Fsp3) is 0.500. The molecule has 0 fully saturated rings. The van der Waals surface area contributed by atoms with E-state index in [1.165, 1.54) is 6.26 Å². The summed E-state index contributed by atoms with van der Waals surface area (Å²) in [5.74, 6) is 0.389. The minimum Gasteiger partial charge on any atom is -0.462 e.